The van der Waals surface area contributed by atoms with Crippen molar-refractivity contribution in [2.24, 2.45) is 0 Å². The maximum Gasteiger partial charge on any atom is 0.417 e. The van der Waals surface area contributed by atoms with Gasteiger partial charge in [-0.2, -0.15) is 0 Å². The quantitative estimate of drug-likeness (QED) is 0.559. The number of rotatable bonds is 3. The first kappa shape index (κ1) is 10.2. The van der Waals surface area contributed by atoms with Gasteiger partial charge in [-0.15, -0.1) is 0 Å². The Morgan fingerprint density at radius 3 is 3.06 bits per heavy atom. The van der Waals surface area contributed by atoms with E-state index in [2.05, 4.69) is 10.3 Å². The minimum Gasteiger partial charge on any atom is -0.408 e. The highest BCUT2D eigenvalue weighted by Crippen LogP contribution is 2.11. The number of aromatic nitrogens is 1. The van der Waals surface area contributed by atoms with Gasteiger partial charge in [-0.05, 0) is 17.7 Å². The fraction of sp³-hybridized carbons (Fsp3) is 0.100. The summed E-state index contributed by atoms with van der Waals surface area (Å²) >= 11 is 0. The summed E-state index contributed by atoms with van der Waals surface area (Å²) in [6.07, 6.45) is 0.207. The molecule has 1 aromatic heterocycles. The summed E-state index contributed by atoms with van der Waals surface area (Å²) in [7, 11) is 0. The van der Waals surface area contributed by atoms with Crippen molar-refractivity contribution >= 4 is 23.3 Å². The summed E-state index contributed by atoms with van der Waals surface area (Å²) < 4.78 is 4.82. The smallest absolute Gasteiger partial charge is 0.408 e. The monoisotopic (exact) mass is 220 g/mol. The second-order valence-electron chi connectivity index (χ2n) is 3.18. The average molecular weight is 220 g/mol. The number of benzene rings is 1. The minimum absolute atomic E-state index is 0.207. The van der Waals surface area contributed by atoms with Gasteiger partial charge in [-0.3, -0.25) is 14.6 Å². The molecule has 16 heavy (non-hydrogen) atoms. The van der Waals surface area contributed by atoms with Crippen LogP contribution in [0, 0.1) is 0 Å². The Kier molecular flexibility index (Phi) is 2.55. The molecule has 0 radical (unpaired) electrons. The van der Waals surface area contributed by atoms with Crippen molar-refractivity contribution in [2.75, 3.05) is 0 Å². The van der Waals surface area contributed by atoms with E-state index >= 15 is 0 Å². The standard InChI is InChI=1S/C10H8N2O4/c13-5-9(14)11-4-6-1-2-8-7(3-6)12-10(15)16-8/h1-3,5H,4H2,(H,11,14)(H,12,15). The molecule has 0 atom stereocenters. The lowest BCUT2D eigenvalue weighted by Crippen LogP contribution is -2.23. The van der Waals surface area contributed by atoms with Gasteiger partial charge in [-0.25, -0.2) is 4.79 Å². The van der Waals surface area contributed by atoms with Gasteiger partial charge in [0.2, 0.25) is 6.29 Å². The molecule has 0 saturated heterocycles. The Balaban J connectivity index is 2.22. The van der Waals surface area contributed by atoms with E-state index < -0.39 is 11.7 Å². The van der Waals surface area contributed by atoms with Gasteiger partial charge in [0.05, 0.1) is 5.52 Å². The number of amides is 1. The zero-order valence-electron chi connectivity index (χ0n) is 8.15. The molecule has 1 amide bonds. The van der Waals surface area contributed by atoms with Crippen LogP contribution >= 0.6 is 0 Å². The van der Waals surface area contributed by atoms with E-state index in [1.54, 1.807) is 18.2 Å². The van der Waals surface area contributed by atoms with Crippen LogP contribution in [0.5, 0.6) is 0 Å². The Morgan fingerprint density at radius 2 is 2.31 bits per heavy atom. The molecule has 0 fully saturated rings. The molecular formula is C10H8N2O4. The van der Waals surface area contributed by atoms with Crippen molar-refractivity contribution in [2.45, 2.75) is 6.54 Å². The van der Waals surface area contributed by atoms with Crippen molar-refractivity contribution in [1.82, 2.24) is 10.3 Å². The first-order chi connectivity index (χ1) is 7.69. The number of oxazole rings is 1. The SMILES string of the molecule is O=CC(=O)NCc1ccc2oc(=O)[nH]c2c1. The number of H-pyrrole nitrogens is 1. The molecule has 0 aliphatic carbocycles. The third-order valence-corrected chi connectivity index (χ3v) is 2.06. The summed E-state index contributed by atoms with van der Waals surface area (Å²) in [6.45, 7) is 0.223. The lowest BCUT2D eigenvalue weighted by atomic mass is 10.2. The molecule has 82 valence electrons. The third-order valence-electron chi connectivity index (χ3n) is 2.06. The first-order valence-electron chi connectivity index (χ1n) is 4.54. The number of hydrogen-bond donors (Lipinski definition) is 2. The van der Waals surface area contributed by atoms with Crippen LogP contribution in [0.1, 0.15) is 5.56 Å². The number of hydrogen-bond acceptors (Lipinski definition) is 4. The number of aromatic amines is 1. The molecule has 0 bridgehead atoms. The average Bonchev–Trinajstić information content (AvgIpc) is 2.65. The zero-order valence-corrected chi connectivity index (χ0v) is 8.15. The number of nitrogens with one attached hydrogen (secondary N) is 2. The maximum atomic E-state index is 10.9. The first-order valence-corrected chi connectivity index (χ1v) is 4.54. The molecule has 0 aliphatic rings. The van der Waals surface area contributed by atoms with Gasteiger partial charge in [-0.1, -0.05) is 6.07 Å². The van der Waals surface area contributed by atoms with Gasteiger partial charge in [0.1, 0.15) is 0 Å². The van der Waals surface area contributed by atoms with Gasteiger partial charge >= 0.3 is 5.76 Å². The van der Waals surface area contributed by atoms with E-state index in [1.807, 2.05) is 0 Å². The Bertz CT molecular complexity index is 596. The summed E-state index contributed by atoms with van der Waals surface area (Å²) in [5.74, 6) is -1.20. The molecule has 1 aromatic carbocycles. The van der Waals surface area contributed by atoms with Gasteiger partial charge < -0.3 is 9.73 Å². The zero-order chi connectivity index (χ0) is 11.5. The van der Waals surface area contributed by atoms with Crippen molar-refractivity contribution < 1.29 is 14.0 Å². The van der Waals surface area contributed by atoms with Crippen molar-refractivity contribution in [3.05, 3.63) is 34.3 Å². The predicted molar refractivity (Wildman–Crippen MR) is 54.7 cm³/mol. The highest BCUT2D eigenvalue weighted by atomic mass is 16.4. The van der Waals surface area contributed by atoms with Gasteiger partial charge in [0.25, 0.3) is 5.91 Å². The summed E-state index contributed by atoms with van der Waals surface area (Å²) in [5.41, 5.74) is 1.78. The molecule has 0 saturated carbocycles. The van der Waals surface area contributed by atoms with Crippen LogP contribution in [0.4, 0.5) is 0 Å². The summed E-state index contributed by atoms with van der Waals surface area (Å²) in [5, 5.41) is 2.39. The molecule has 2 rings (SSSR count). The molecule has 6 nitrogen and oxygen atoms in total. The lowest BCUT2D eigenvalue weighted by molar-refractivity contribution is -0.131. The predicted octanol–water partition coefficient (Wildman–Crippen LogP) is -0.0638. The minimum atomic E-state index is -0.680. The molecule has 1 heterocycles. The molecule has 2 N–H and O–H groups in total. The molecule has 0 aliphatic heterocycles. The van der Waals surface area contributed by atoms with E-state index in [1.165, 1.54) is 0 Å². The second kappa shape index (κ2) is 4.01. The molecule has 2 aromatic rings. The van der Waals surface area contributed by atoms with Gasteiger partial charge in [0, 0.05) is 6.54 Å². The van der Waals surface area contributed by atoms with E-state index in [0.29, 0.717) is 11.1 Å². The molecular weight excluding hydrogens is 212 g/mol. The van der Waals surface area contributed by atoms with Gasteiger partial charge in [0.15, 0.2) is 5.58 Å². The molecule has 0 spiro atoms. The van der Waals surface area contributed by atoms with Crippen molar-refractivity contribution in [3.63, 3.8) is 0 Å². The fourth-order valence-corrected chi connectivity index (χ4v) is 1.34. The van der Waals surface area contributed by atoms with Crippen molar-refractivity contribution in [3.8, 4) is 0 Å². The van der Waals surface area contributed by atoms with Crippen LogP contribution in [0.15, 0.2) is 27.4 Å². The lowest BCUT2D eigenvalue weighted by Gasteiger charge is -2.00. The summed E-state index contributed by atoms with van der Waals surface area (Å²) in [6, 6.07) is 4.99. The highest BCUT2D eigenvalue weighted by Gasteiger charge is 2.03. The van der Waals surface area contributed by atoms with Crippen LogP contribution in [0.3, 0.4) is 0 Å². The Morgan fingerprint density at radius 1 is 1.50 bits per heavy atom. The number of fused-ring (bicyclic) bond motifs is 1. The highest BCUT2D eigenvalue weighted by molar-refractivity contribution is 6.23. The fourth-order valence-electron chi connectivity index (χ4n) is 1.34. The van der Waals surface area contributed by atoms with Crippen molar-refractivity contribution in [1.29, 1.82) is 0 Å². The number of carbonyl (C=O) groups excluding carboxylic acids is 2. The van der Waals surface area contributed by atoms with Crippen LogP contribution in [-0.2, 0) is 16.1 Å². The van der Waals surface area contributed by atoms with Crippen LogP contribution < -0.4 is 11.1 Å². The van der Waals surface area contributed by atoms with E-state index in [0.717, 1.165) is 5.56 Å². The second-order valence-corrected chi connectivity index (χ2v) is 3.18. The third kappa shape index (κ3) is 2.00. The van der Waals surface area contributed by atoms with E-state index in [4.69, 9.17) is 4.42 Å². The Labute approximate surface area is 89.3 Å². The van der Waals surface area contributed by atoms with E-state index in [9.17, 15) is 14.4 Å². The number of carbonyl (C=O) groups is 2. The molecule has 0 unspecified atom stereocenters. The normalized spacial score (nSPS) is 10.2. The topological polar surface area (TPSA) is 92.2 Å². The summed E-state index contributed by atoms with van der Waals surface area (Å²) in [4.78, 5) is 34.1. The maximum absolute atomic E-state index is 10.9. The largest absolute Gasteiger partial charge is 0.417 e. The molecule has 6 heteroatoms. The van der Waals surface area contributed by atoms with Crippen LogP contribution in [-0.4, -0.2) is 17.2 Å². The Hall–Kier alpha value is -2.37. The number of aldehydes is 1. The van der Waals surface area contributed by atoms with E-state index in [-0.39, 0.29) is 12.8 Å². The van der Waals surface area contributed by atoms with Crippen LogP contribution in [0.2, 0.25) is 0 Å². The van der Waals surface area contributed by atoms with Crippen LogP contribution in [0.25, 0.3) is 11.1 Å².